The third-order valence-corrected chi connectivity index (χ3v) is 4.97. The molecule has 1 aliphatic rings. The summed E-state index contributed by atoms with van der Waals surface area (Å²) in [6.45, 7) is 12.0. The van der Waals surface area contributed by atoms with Crippen molar-refractivity contribution in [3.8, 4) is 11.5 Å². The third-order valence-electron chi connectivity index (χ3n) is 4.97. The van der Waals surface area contributed by atoms with Crippen LogP contribution in [0.15, 0.2) is 18.7 Å². The number of hydrogen-bond donors (Lipinski definition) is 0. The van der Waals surface area contributed by atoms with E-state index in [2.05, 4.69) is 44.2 Å². The van der Waals surface area contributed by atoms with Crippen molar-refractivity contribution in [2.45, 2.75) is 65.5 Å². The monoisotopic (exact) mass is 358 g/mol. The lowest BCUT2D eigenvalue weighted by molar-refractivity contribution is 0.0496. The van der Waals surface area contributed by atoms with Crippen LogP contribution in [0.2, 0.25) is 0 Å². The van der Waals surface area contributed by atoms with Crippen molar-refractivity contribution in [3.63, 3.8) is 0 Å². The smallest absolute Gasteiger partial charge is 0.188 e. The molecule has 0 aliphatic carbocycles. The van der Waals surface area contributed by atoms with Crippen LogP contribution in [0.25, 0.3) is 0 Å². The summed E-state index contributed by atoms with van der Waals surface area (Å²) in [5, 5.41) is 0. The molecule has 0 atom stereocenters. The summed E-state index contributed by atoms with van der Waals surface area (Å²) in [4.78, 5) is 4.14. The molecule has 0 fully saturated rings. The molecular weight excluding hydrogens is 328 g/mol. The minimum absolute atomic E-state index is 0.192. The minimum atomic E-state index is -0.192. The predicted octanol–water partition coefficient (Wildman–Crippen LogP) is 4.25. The van der Waals surface area contributed by atoms with Crippen molar-refractivity contribution in [1.82, 2.24) is 9.55 Å². The summed E-state index contributed by atoms with van der Waals surface area (Å²) in [7, 11) is 1.66. The number of aromatic nitrogens is 2. The Labute approximate surface area is 156 Å². The number of benzene rings is 1. The van der Waals surface area contributed by atoms with Crippen LogP contribution >= 0.6 is 0 Å². The Balaban J connectivity index is 2.09. The van der Waals surface area contributed by atoms with Gasteiger partial charge >= 0.3 is 0 Å². The van der Waals surface area contributed by atoms with Crippen LogP contribution in [0.4, 0.5) is 0 Å². The molecule has 0 radical (unpaired) electrons. The summed E-state index contributed by atoms with van der Waals surface area (Å²) >= 11 is 0. The summed E-state index contributed by atoms with van der Waals surface area (Å²) in [5.74, 6) is 2.37. The quantitative estimate of drug-likeness (QED) is 0.694. The molecule has 0 unspecified atom stereocenters. The van der Waals surface area contributed by atoms with E-state index in [1.165, 1.54) is 16.7 Å². The van der Waals surface area contributed by atoms with Crippen LogP contribution < -0.4 is 9.47 Å². The Morgan fingerprint density at radius 3 is 2.73 bits per heavy atom. The summed E-state index contributed by atoms with van der Waals surface area (Å²) < 4.78 is 19.8. The molecular formula is C21H30N2O3. The van der Waals surface area contributed by atoms with Gasteiger partial charge in [-0.15, -0.1) is 0 Å². The minimum Gasteiger partial charge on any atom is -0.487 e. The lowest BCUT2D eigenvalue weighted by Gasteiger charge is -2.23. The van der Waals surface area contributed by atoms with Gasteiger partial charge in [0.15, 0.2) is 6.79 Å². The highest BCUT2D eigenvalue weighted by Gasteiger charge is 2.37. The summed E-state index contributed by atoms with van der Waals surface area (Å²) in [6.07, 6.45) is 7.43. The lowest BCUT2D eigenvalue weighted by Crippen LogP contribution is -2.25. The number of nitrogens with zero attached hydrogens (tertiary/aromatic N) is 2. The highest BCUT2D eigenvalue weighted by atomic mass is 16.7. The van der Waals surface area contributed by atoms with Crippen LogP contribution in [0.5, 0.6) is 11.5 Å². The van der Waals surface area contributed by atoms with E-state index in [0.29, 0.717) is 5.92 Å². The zero-order valence-corrected chi connectivity index (χ0v) is 16.8. The zero-order chi connectivity index (χ0) is 18.9. The van der Waals surface area contributed by atoms with Gasteiger partial charge in [0, 0.05) is 49.2 Å². The van der Waals surface area contributed by atoms with Crippen molar-refractivity contribution in [3.05, 3.63) is 41.0 Å². The number of ether oxygens (including phenoxy) is 3. The van der Waals surface area contributed by atoms with Gasteiger partial charge in [0.05, 0.1) is 6.33 Å². The summed E-state index contributed by atoms with van der Waals surface area (Å²) in [6, 6.07) is 0. The predicted molar refractivity (Wildman–Crippen MR) is 102 cm³/mol. The van der Waals surface area contributed by atoms with Crippen LogP contribution in [-0.2, 0) is 24.1 Å². The molecule has 1 aliphatic heterocycles. The average Bonchev–Trinajstić information content (AvgIpc) is 3.18. The lowest BCUT2D eigenvalue weighted by atomic mass is 9.86. The Hall–Kier alpha value is -2.01. The molecule has 2 heterocycles. The van der Waals surface area contributed by atoms with E-state index < -0.39 is 0 Å². The Bertz CT molecular complexity index is 764. The first kappa shape index (κ1) is 18.8. The third kappa shape index (κ3) is 3.58. The van der Waals surface area contributed by atoms with E-state index in [1.54, 1.807) is 7.11 Å². The van der Waals surface area contributed by atoms with Crippen molar-refractivity contribution in [1.29, 1.82) is 0 Å². The number of aryl methyl sites for hydroxylation is 1. The first-order chi connectivity index (χ1) is 12.3. The molecule has 1 aromatic carbocycles. The Morgan fingerprint density at radius 2 is 2.12 bits per heavy atom. The standard InChI is InChI=1S/C21H30N2O3/c1-14(2)18-17-11-21(4,5)26-20(17)16(7-9-23-10-8-22-12-23)15(3)19(18)25-13-24-6/h8,10,12,14H,7,9,11,13H2,1-6H3. The largest absolute Gasteiger partial charge is 0.487 e. The van der Waals surface area contributed by atoms with Crippen molar-refractivity contribution in [2.24, 2.45) is 0 Å². The van der Waals surface area contributed by atoms with Gasteiger partial charge in [-0.3, -0.25) is 0 Å². The van der Waals surface area contributed by atoms with Gasteiger partial charge in [-0.2, -0.15) is 0 Å². The van der Waals surface area contributed by atoms with E-state index in [9.17, 15) is 0 Å². The van der Waals surface area contributed by atoms with E-state index in [-0.39, 0.29) is 12.4 Å². The van der Waals surface area contributed by atoms with E-state index in [0.717, 1.165) is 36.4 Å². The van der Waals surface area contributed by atoms with Crippen LogP contribution in [0.1, 0.15) is 55.9 Å². The fourth-order valence-corrected chi connectivity index (χ4v) is 3.86. The molecule has 0 spiro atoms. The maximum absolute atomic E-state index is 6.41. The zero-order valence-electron chi connectivity index (χ0n) is 16.8. The summed E-state index contributed by atoms with van der Waals surface area (Å²) in [5.41, 5.74) is 4.74. The number of rotatable bonds is 7. The molecule has 5 nitrogen and oxygen atoms in total. The molecule has 0 amide bonds. The van der Waals surface area contributed by atoms with E-state index in [4.69, 9.17) is 14.2 Å². The van der Waals surface area contributed by atoms with Crippen LogP contribution in [0.3, 0.4) is 0 Å². The highest BCUT2D eigenvalue weighted by Crippen LogP contribution is 2.48. The molecule has 0 saturated carbocycles. The molecule has 5 heteroatoms. The molecule has 0 saturated heterocycles. The molecule has 0 bridgehead atoms. The fourth-order valence-electron chi connectivity index (χ4n) is 3.86. The number of imidazole rings is 1. The molecule has 0 N–H and O–H groups in total. The first-order valence-corrected chi connectivity index (χ1v) is 9.28. The van der Waals surface area contributed by atoms with Crippen molar-refractivity contribution < 1.29 is 14.2 Å². The van der Waals surface area contributed by atoms with E-state index in [1.807, 2.05) is 18.7 Å². The number of fused-ring (bicyclic) bond motifs is 1. The molecule has 142 valence electrons. The van der Waals surface area contributed by atoms with Gasteiger partial charge in [-0.25, -0.2) is 4.98 Å². The normalized spacial score (nSPS) is 15.2. The average molecular weight is 358 g/mol. The Morgan fingerprint density at radius 1 is 1.35 bits per heavy atom. The van der Waals surface area contributed by atoms with Crippen molar-refractivity contribution >= 4 is 0 Å². The molecule has 3 rings (SSSR count). The SMILES string of the molecule is COCOc1c(C)c(CCn2ccnc2)c2c(c1C(C)C)CC(C)(C)O2. The van der Waals surface area contributed by atoms with Gasteiger partial charge in [-0.1, -0.05) is 13.8 Å². The van der Waals surface area contributed by atoms with Crippen LogP contribution in [0, 0.1) is 6.92 Å². The van der Waals surface area contributed by atoms with E-state index >= 15 is 0 Å². The maximum atomic E-state index is 6.41. The maximum Gasteiger partial charge on any atom is 0.188 e. The molecule has 1 aromatic heterocycles. The fraction of sp³-hybridized carbons (Fsp3) is 0.571. The molecule has 26 heavy (non-hydrogen) atoms. The Kier molecular flexibility index (Phi) is 5.28. The van der Waals surface area contributed by atoms with Gasteiger partial charge in [0.1, 0.15) is 17.1 Å². The first-order valence-electron chi connectivity index (χ1n) is 9.28. The van der Waals surface area contributed by atoms with Gasteiger partial charge in [0.25, 0.3) is 0 Å². The van der Waals surface area contributed by atoms with Crippen molar-refractivity contribution in [2.75, 3.05) is 13.9 Å². The second-order valence-corrected chi connectivity index (χ2v) is 7.95. The van der Waals surface area contributed by atoms with Crippen LogP contribution in [-0.4, -0.2) is 29.1 Å². The topological polar surface area (TPSA) is 45.5 Å². The highest BCUT2D eigenvalue weighted by molar-refractivity contribution is 5.62. The second-order valence-electron chi connectivity index (χ2n) is 7.95. The number of hydrogen-bond acceptors (Lipinski definition) is 4. The van der Waals surface area contributed by atoms with Gasteiger partial charge in [-0.05, 0) is 38.7 Å². The number of methoxy groups -OCH3 is 1. The van der Waals surface area contributed by atoms with Gasteiger partial charge in [0.2, 0.25) is 0 Å². The van der Waals surface area contributed by atoms with Gasteiger partial charge < -0.3 is 18.8 Å². The molecule has 2 aromatic rings. The second kappa shape index (κ2) is 7.31.